The Bertz CT molecular complexity index is 1520. The molecule has 0 radical (unpaired) electrons. The summed E-state index contributed by atoms with van der Waals surface area (Å²) in [6.07, 6.45) is 1.29. The summed E-state index contributed by atoms with van der Waals surface area (Å²) in [5.74, 6) is -1.61. The van der Waals surface area contributed by atoms with Crippen LogP contribution in [0.15, 0.2) is 72.3 Å². The molecule has 12 nitrogen and oxygen atoms in total. The first kappa shape index (κ1) is 28.2. The molecule has 1 aliphatic rings. The maximum atomic E-state index is 13.2. The van der Waals surface area contributed by atoms with Crippen molar-refractivity contribution < 1.29 is 33.6 Å². The van der Waals surface area contributed by atoms with Crippen LogP contribution in [0.5, 0.6) is 11.5 Å². The van der Waals surface area contributed by atoms with E-state index in [2.05, 4.69) is 10.6 Å². The summed E-state index contributed by atoms with van der Waals surface area (Å²) < 4.78 is 12.0. The third-order valence-electron chi connectivity index (χ3n) is 5.47. The van der Waals surface area contributed by atoms with Crippen LogP contribution in [0, 0.1) is 13.7 Å². The highest BCUT2D eigenvalue weighted by Gasteiger charge is 2.37. The zero-order chi connectivity index (χ0) is 28.8. The molecule has 0 spiro atoms. The first-order valence-electron chi connectivity index (χ1n) is 11.8. The van der Waals surface area contributed by atoms with Gasteiger partial charge in [0.05, 0.1) is 20.8 Å². The van der Waals surface area contributed by atoms with E-state index in [1.54, 1.807) is 37.3 Å². The number of nitrogens with zero attached hydrogens (tertiary/aromatic N) is 2. The number of ether oxygens (including phenoxy) is 2. The zero-order valence-corrected chi connectivity index (χ0v) is 23.0. The van der Waals surface area contributed by atoms with Crippen molar-refractivity contribution in [1.82, 2.24) is 5.32 Å². The van der Waals surface area contributed by atoms with E-state index in [-0.39, 0.29) is 41.8 Å². The fraction of sp³-hybridized carbons (Fsp3) is 0.111. The van der Waals surface area contributed by atoms with E-state index >= 15 is 0 Å². The Hall–Kier alpha value is -4.79. The van der Waals surface area contributed by atoms with E-state index < -0.39 is 22.8 Å². The highest BCUT2D eigenvalue weighted by Crippen LogP contribution is 2.35. The van der Waals surface area contributed by atoms with Crippen molar-refractivity contribution in [3.8, 4) is 11.5 Å². The molecule has 0 bridgehead atoms. The van der Waals surface area contributed by atoms with Crippen molar-refractivity contribution in [2.75, 3.05) is 23.4 Å². The van der Waals surface area contributed by atoms with Crippen LogP contribution in [0.4, 0.5) is 21.9 Å². The molecule has 0 aromatic heterocycles. The summed E-state index contributed by atoms with van der Waals surface area (Å²) in [5, 5.41) is 15.8. The van der Waals surface area contributed by atoms with Gasteiger partial charge in [0.25, 0.3) is 23.4 Å². The van der Waals surface area contributed by atoms with Gasteiger partial charge in [0.1, 0.15) is 5.57 Å². The molecule has 1 heterocycles. The van der Waals surface area contributed by atoms with Gasteiger partial charge < -0.3 is 14.8 Å². The molecule has 0 aliphatic carbocycles. The smallest absolute Gasteiger partial charge is 0.335 e. The van der Waals surface area contributed by atoms with E-state index in [4.69, 9.17) is 9.47 Å². The minimum absolute atomic E-state index is 0.0496. The van der Waals surface area contributed by atoms with Gasteiger partial charge in [-0.15, -0.1) is 0 Å². The van der Waals surface area contributed by atoms with Crippen molar-refractivity contribution in [3.63, 3.8) is 0 Å². The average molecular weight is 656 g/mol. The molecule has 2 N–H and O–H groups in total. The Labute approximate surface area is 241 Å². The highest BCUT2D eigenvalue weighted by molar-refractivity contribution is 14.1. The van der Waals surface area contributed by atoms with E-state index in [1.807, 2.05) is 28.7 Å². The summed E-state index contributed by atoms with van der Waals surface area (Å²) in [4.78, 5) is 61.6. The fourth-order valence-electron chi connectivity index (χ4n) is 3.71. The number of carbonyl (C=O) groups excluding carboxylic acids is 4. The predicted octanol–water partition coefficient (Wildman–Crippen LogP) is 4.28. The lowest BCUT2D eigenvalue weighted by Crippen LogP contribution is -2.54. The number of carbonyl (C=O) groups is 4. The standard InChI is InChI=1S/C27H21IN4O8/c1-2-39-22-14-16(13-21(28)24(22)40-15-23(33)29-17-6-4-3-5-7-17)12-20-25(34)30-27(36)31(26(20)35)18-8-10-19(11-9-18)32(37)38/h3-14H,2,15H2,1H3,(H,29,33)(H,30,34,36)/b20-12+. The topological polar surface area (TPSA) is 157 Å². The Morgan fingerprint density at radius 1 is 1.07 bits per heavy atom. The molecule has 1 fully saturated rings. The Morgan fingerprint density at radius 3 is 2.42 bits per heavy atom. The Balaban J connectivity index is 1.59. The number of halogens is 1. The fourth-order valence-corrected chi connectivity index (χ4v) is 4.49. The molecule has 1 saturated heterocycles. The van der Waals surface area contributed by atoms with E-state index in [0.29, 0.717) is 25.5 Å². The molecule has 3 aromatic carbocycles. The van der Waals surface area contributed by atoms with Gasteiger partial charge in [-0.1, -0.05) is 18.2 Å². The van der Waals surface area contributed by atoms with Crippen molar-refractivity contribution >= 4 is 69.5 Å². The number of non-ortho nitro benzene ring substituents is 1. The summed E-state index contributed by atoms with van der Waals surface area (Å²) in [5.41, 5.74) is 0.499. The normalized spacial score (nSPS) is 14.1. The third kappa shape index (κ3) is 6.43. The minimum atomic E-state index is -0.983. The third-order valence-corrected chi connectivity index (χ3v) is 6.27. The van der Waals surface area contributed by atoms with Crippen LogP contribution in [0.1, 0.15) is 12.5 Å². The number of para-hydroxylation sites is 1. The lowest BCUT2D eigenvalue weighted by atomic mass is 10.1. The largest absolute Gasteiger partial charge is 0.490 e. The number of imide groups is 2. The van der Waals surface area contributed by atoms with Gasteiger partial charge in [-0.05, 0) is 77.6 Å². The monoisotopic (exact) mass is 656 g/mol. The molecule has 13 heteroatoms. The second-order valence-corrected chi connectivity index (χ2v) is 9.36. The molecule has 204 valence electrons. The number of barbiturate groups is 1. The maximum absolute atomic E-state index is 13.2. The molecule has 0 saturated carbocycles. The summed E-state index contributed by atoms with van der Waals surface area (Å²) in [6.45, 7) is 1.73. The molecule has 1 aliphatic heterocycles. The number of benzene rings is 3. The second kappa shape index (κ2) is 12.4. The van der Waals surface area contributed by atoms with Crippen LogP contribution in [-0.2, 0) is 14.4 Å². The number of urea groups is 1. The van der Waals surface area contributed by atoms with Gasteiger partial charge in [0.15, 0.2) is 18.1 Å². The maximum Gasteiger partial charge on any atom is 0.335 e. The highest BCUT2D eigenvalue weighted by atomic mass is 127. The number of nitrogens with one attached hydrogen (secondary N) is 2. The van der Waals surface area contributed by atoms with Gasteiger partial charge in [0, 0.05) is 17.8 Å². The van der Waals surface area contributed by atoms with Crippen LogP contribution in [-0.4, -0.2) is 41.9 Å². The van der Waals surface area contributed by atoms with Crippen molar-refractivity contribution in [3.05, 3.63) is 91.6 Å². The molecule has 5 amide bonds. The van der Waals surface area contributed by atoms with Gasteiger partial charge in [0.2, 0.25) is 0 Å². The summed E-state index contributed by atoms with van der Waals surface area (Å²) in [6, 6.07) is 15.8. The van der Waals surface area contributed by atoms with Crippen LogP contribution in [0.3, 0.4) is 0 Å². The quantitative estimate of drug-likeness (QED) is 0.114. The molecule has 40 heavy (non-hydrogen) atoms. The number of hydrogen-bond acceptors (Lipinski definition) is 8. The predicted molar refractivity (Wildman–Crippen MR) is 153 cm³/mol. The molecule has 3 aromatic rings. The number of amides is 5. The summed E-state index contributed by atoms with van der Waals surface area (Å²) in [7, 11) is 0. The molecular weight excluding hydrogens is 635 g/mol. The molecule has 0 unspecified atom stereocenters. The number of nitro benzene ring substituents is 1. The van der Waals surface area contributed by atoms with Crippen LogP contribution < -0.4 is 25.0 Å². The van der Waals surface area contributed by atoms with Crippen molar-refractivity contribution in [2.45, 2.75) is 6.92 Å². The number of nitro groups is 1. The average Bonchev–Trinajstić information content (AvgIpc) is 2.91. The summed E-state index contributed by atoms with van der Waals surface area (Å²) >= 11 is 1.98. The lowest BCUT2D eigenvalue weighted by molar-refractivity contribution is -0.384. The number of rotatable bonds is 9. The first-order chi connectivity index (χ1) is 19.2. The zero-order valence-electron chi connectivity index (χ0n) is 20.9. The van der Waals surface area contributed by atoms with E-state index in [9.17, 15) is 29.3 Å². The van der Waals surface area contributed by atoms with Crippen molar-refractivity contribution in [1.29, 1.82) is 0 Å². The second-order valence-electron chi connectivity index (χ2n) is 8.20. The molecule has 0 atom stereocenters. The van der Waals surface area contributed by atoms with Crippen LogP contribution >= 0.6 is 22.6 Å². The minimum Gasteiger partial charge on any atom is -0.490 e. The SMILES string of the molecule is CCOc1cc(/C=C2\C(=O)NC(=O)N(c3ccc([N+](=O)[O-])cc3)C2=O)cc(I)c1OCC(=O)Nc1ccccc1. The lowest BCUT2D eigenvalue weighted by Gasteiger charge is -2.26. The van der Waals surface area contributed by atoms with Gasteiger partial charge >= 0.3 is 6.03 Å². The Kier molecular flexibility index (Phi) is 8.73. The number of anilines is 2. The van der Waals surface area contributed by atoms with Gasteiger partial charge in [-0.2, -0.15) is 0 Å². The first-order valence-corrected chi connectivity index (χ1v) is 12.9. The van der Waals surface area contributed by atoms with Crippen LogP contribution in [0.2, 0.25) is 0 Å². The van der Waals surface area contributed by atoms with Gasteiger partial charge in [-0.3, -0.25) is 29.8 Å². The van der Waals surface area contributed by atoms with Crippen LogP contribution in [0.25, 0.3) is 6.08 Å². The van der Waals surface area contributed by atoms with E-state index in [0.717, 1.165) is 12.1 Å². The molecular formula is C27H21IN4O8. The molecule has 4 rings (SSSR count). The van der Waals surface area contributed by atoms with E-state index in [1.165, 1.54) is 24.3 Å². The Morgan fingerprint density at radius 2 is 1.77 bits per heavy atom. The number of hydrogen-bond donors (Lipinski definition) is 2. The van der Waals surface area contributed by atoms with Crippen molar-refractivity contribution in [2.24, 2.45) is 0 Å². The van der Waals surface area contributed by atoms with Gasteiger partial charge in [-0.25, -0.2) is 9.69 Å².